The molecule has 1 aromatic rings. The van der Waals surface area contributed by atoms with Crippen LogP contribution in [0.4, 0.5) is 0 Å². The fourth-order valence-electron chi connectivity index (χ4n) is 7.95. The molecule has 48 heavy (non-hydrogen) atoms. The Morgan fingerprint density at radius 3 is 0.979 bits per heavy atom. The molecule has 284 valence electrons. The number of hydrogen-bond acceptors (Lipinski definition) is 1. The van der Waals surface area contributed by atoms with Crippen LogP contribution in [0, 0.1) is 0 Å². The lowest BCUT2D eigenvalue weighted by Gasteiger charge is -2.22. The van der Waals surface area contributed by atoms with Gasteiger partial charge in [-0.25, -0.2) is 4.98 Å². The van der Waals surface area contributed by atoms with Crippen molar-refractivity contribution in [3.05, 3.63) is 18.2 Å². The van der Waals surface area contributed by atoms with Gasteiger partial charge in [0.05, 0.1) is 0 Å². The fraction of sp³-hybridized carbons (Fsp3) is 0.935. The van der Waals surface area contributed by atoms with Crippen molar-refractivity contribution in [3.63, 3.8) is 0 Å². The Morgan fingerprint density at radius 1 is 0.396 bits per heavy atom. The summed E-state index contributed by atoms with van der Waals surface area (Å²) in [5.41, 5.74) is 0. The highest BCUT2D eigenvalue weighted by Gasteiger charge is 2.19. The summed E-state index contributed by atoms with van der Waals surface area (Å²) in [6.07, 6.45) is 57.1. The minimum Gasteiger partial charge on any atom is -0.332 e. The highest BCUT2D eigenvalue weighted by molar-refractivity contribution is 5.02. The lowest BCUT2D eigenvalue weighted by atomic mass is 9.92. The monoisotopic (exact) mass is 671 g/mol. The van der Waals surface area contributed by atoms with E-state index >= 15 is 0 Å². The smallest absolute Gasteiger partial charge is 0.111 e. The molecule has 0 bridgehead atoms. The summed E-state index contributed by atoms with van der Waals surface area (Å²) in [7, 11) is 0. The third kappa shape index (κ3) is 27.0. The predicted octanol–water partition coefficient (Wildman–Crippen LogP) is 17.0. The number of unbranched alkanes of at least 4 members (excludes halogenated alkanes) is 31. The van der Waals surface area contributed by atoms with Crippen LogP contribution in [-0.4, -0.2) is 9.55 Å². The Hall–Kier alpha value is -0.790. The van der Waals surface area contributed by atoms with E-state index in [0.29, 0.717) is 12.0 Å². The molecule has 2 heteroatoms. The van der Waals surface area contributed by atoms with Crippen LogP contribution >= 0.6 is 0 Å². The van der Waals surface area contributed by atoms with E-state index in [9.17, 15) is 0 Å². The van der Waals surface area contributed by atoms with E-state index in [1.54, 1.807) is 0 Å². The molecule has 0 aliphatic heterocycles. The summed E-state index contributed by atoms with van der Waals surface area (Å²) < 4.78 is 2.59. The minimum atomic E-state index is 0.586. The molecule has 1 aromatic heterocycles. The van der Waals surface area contributed by atoms with Gasteiger partial charge in [0.1, 0.15) is 5.82 Å². The van der Waals surface area contributed by atoms with Crippen LogP contribution in [0.2, 0.25) is 0 Å². The molecule has 0 aliphatic carbocycles. The first-order valence-electron chi connectivity index (χ1n) is 22.8. The molecule has 2 nitrogen and oxygen atoms in total. The zero-order valence-corrected chi connectivity index (χ0v) is 33.9. The normalized spacial score (nSPS) is 13.0. The summed E-state index contributed by atoms with van der Waals surface area (Å²) in [6.45, 7) is 9.41. The van der Waals surface area contributed by atoms with Crippen molar-refractivity contribution < 1.29 is 0 Å². The third-order valence-corrected chi connectivity index (χ3v) is 11.3. The van der Waals surface area contributed by atoms with Crippen LogP contribution in [0.15, 0.2) is 12.4 Å². The molecule has 0 spiro atoms. The van der Waals surface area contributed by atoms with Gasteiger partial charge >= 0.3 is 0 Å². The highest BCUT2D eigenvalue weighted by atomic mass is 15.1. The first-order valence-corrected chi connectivity index (χ1v) is 22.8. The molecule has 0 aliphatic rings. The van der Waals surface area contributed by atoms with Crippen LogP contribution in [0.25, 0.3) is 0 Å². The zero-order chi connectivity index (χ0) is 34.6. The van der Waals surface area contributed by atoms with Crippen molar-refractivity contribution in [2.24, 2.45) is 0 Å². The van der Waals surface area contributed by atoms with E-state index in [0.717, 1.165) is 0 Å². The van der Waals surface area contributed by atoms with E-state index in [2.05, 4.69) is 44.7 Å². The summed E-state index contributed by atoms with van der Waals surface area (Å²) in [6, 6.07) is 0.586. The highest BCUT2D eigenvalue weighted by Crippen LogP contribution is 2.31. The summed E-state index contributed by atoms with van der Waals surface area (Å²) in [4.78, 5) is 5.04. The van der Waals surface area contributed by atoms with E-state index in [-0.39, 0.29) is 0 Å². The average molecular weight is 671 g/mol. The maximum Gasteiger partial charge on any atom is 0.111 e. The van der Waals surface area contributed by atoms with Crippen LogP contribution in [0.1, 0.15) is 283 Å². The topological polar surface area (TPSA) is 17.8 Å². The van der Waals surface area contributed by atoms with Crippen LogP contribution < -0.4 is 0 Å². The number of nitrogens with zero attached hydrogens (tertiary/aromatic N) is 2. The van der Waals surface area contributed by atoms with Gasteiger partial charge in [-0.3, -0.25) is 0 Å². The quantitative estimate of drug-likeness (QED) is 0.0637. The van der Waals surface area contributed by atoms with Gasteiger partial charge in [-0.05, 0) is 26.2 Å². The van der Waals surface area contributed by atoms with Crippen molar-refractivity contribution in [2.75, 3.05) is 0 Å². The largest absolute Gasteiger partial charge is 0.332 e. The van der Waals surface area contributed by atoms with Crippen molar-refractivity contribution in [3.8, 4) is 0 Å². The average Bonchev–Trinajstić information content (AvgIpc) is 3.59. The van der Waals surface area contributed by atoms with Gasteiger partial charge in [-0.2, -0.15) is 0 Å². The molecular weight excluding hydrogens is 581 g/mol. The Morgan fingerprint density at radius 2 is 0.667 bits per heavy atom. The zero-order valence-electron chi connectivity index (χ0n) is 33.9. The maximum atomic E-state index is 5.04. The summed E-state index contributed by atoms with van der Waals surface area (Å²) in [5.74, 6) is 2.07. The fourth-order valence-corrected chi connectivity index (χ4v) is 7.95. The van der Waals surface area contributed by atoms with Gasteiger partial charge < -0.3 is 4.57 Å². The Labute approximate surface area is 304 Å². The van der Waals surface area contributed by atoms with Crippen LogP contribution in [0.3, 0.4) is 0 Å². The van der Waals surface area contributed by atoms with E-state index < -0.39 is 0 Å². The molecule has 0 radical (unpaired) electrons. The van der Waals surface area contributed by atoms with Crippen molar-refractivity contribution >= 4 is 0 Å². The standard InChI is InChI=1S/C46H90N2/c1-5-8-11-14-17-19-21-22-23-24-25-27-29-32-35-38-41-45(40-37-34-30-16-13-10-7-3)46-47-42-43-48(46)44(4)39-36-33-31-28-26-20-18-15-12-9-6-2/h42-45H,5-41H2,1-4H3. The minimum absolute atomic E-state index is 0.586. The summed E-state index contributed by atoms with van der Waals surface area (Å²) in [5, 5.41) is 0. The molecule has 0 N–H and O–H groups in total. The lowest BCUT2D eigenvalue weighted by molar-refractivity contribution is 0.412. The number of hydrogen-bond donors (Lipinski definition) is 0. The van der Waals surface area contributed by atoms with Gasteiger partial charge in [0.2, 0.25) is 0 Å². The van der Waals surface area contributed by atoms with Gasteiger partial charge in [0.15, 0.2) is 0 Å². The first-order chi connectivity index (χ1) is 23.7. The third-order valence-electron chi connectivity index (χ3n) is 11.3. The number of aromatic nitrogens is 2. The molecule has 1 heterocycles. The Balaban J connectivity index is 2.31. The van der Waals surface area contributed by atoms with Gasteiger partial charge in [-0.15, -0.1) is 0 Å². The van der Waals surface area contributed by atoms with Crippen LogP contribution in [-0.2, 0) is 0 Å². The van der Waals surface area contributed by atoms with Gasteiger partial charge in [0.25, 0.3) is 0 Å². The van der Waals surface area contributed by atoms with E-state index in [4.69, 9.17) is 4.98 Å². The van der Waals surface area contributed by atoms with Gasteiger partial charge in [-0.1, -0.05) is 239 Å². The molecule has 1 rings (SSSR count). The second-order valence-corrected chi connectivity index (χ2v) is 16.1. The number of imidazole rings is 1. The second-order valence-electron chi connectivity index (χ2n) is 16.1. The first kappa shape index (κ1) is 45.2. The molecule has 0 amide bonds. The van der Waals surface area contributed by atoms with Crippen molar-refractivity contribution in [1.29, 1.82) is 0 Å². The number of rotatable bonds is 39. The molecular formula is C46H90N2. The van der Waals surface area contributed by atoms with E-state index in [1.807, 2.05) is 0 Å². The Bertz CT molecular complexity index is 738. The molecule has 0 aromatic carbocycles. The lowest BCUT2D eigenvalue weighted by Crippen LogP contribution is -2.13. The summed E-state index contributed by atoms with van der Waals surface area (Å²) >= 11 is 0. The molecule has 2 atom stereocenters. The van der Waals surface area contributed by atoms with E-state index in [1.165, 1.54) is 243 Å². The predicted molar refractivity (Wildman–Crippen MR) is 218 cm³/mol. The van der Waals surface area contributed by atoms with Crippen LogP contribution in [0.5, 0.6) is 0 Å². The maximum absolute atomic E-state index is 5.04. The SMILES string of the molecule is CCCCCCCCCCCCCCCCCCC(CCCCCCCCC)c1nccn1C(C)CCCCCCCCCCCCC. The van der Waals surface area contributed by atoms with Gasteiger partial charge in [0, 0.05) is 24.4 Å². The Kier molecular flexibility index (Phi) is 33.9. The molecule has 0 saturated heterocycles. The molecule has 0 saturated carbocycles. The van der Waals surface area contributed by atoms with Crippen molar-refractivity contribution in [1.82, 2.24) is 9.55 Å². The molecule has 2 unspecified atom stereocenters. The second kappa shape index (κ2) is 36.0. The molecule has 0 fully saturated rings. The van der Waals surface area contributed by atoms with Crippen molar-refractivity contribution in [2.45, 2.75) is 277 Å².